The first-order valence-corrected chi connectivity index (χ1v) is 12.1. The standard InChI is InChI=1S/C14H20O2.C11H14O2.C3H5.CH3.BrH.Mg/c1-2-3-9-16-13-6-4-5-12(10-13)14(15)11-7-8-11;1-2-3-7-13-11-6-4-5-10(8-11)9-12;1-2-3-1;;;/h4-6,10-11,14-15H,2-3,7-9H2,1H3;4-6,8-9H,2-3,7H2,1H3;1H,2-3H2;1H3;1H;/q;;2*-1;;+2/p-1. The van der Waals surface area contributed by atoms with Gasteiger partial charge in [0.1, 0.15) is 17.8 Å². The van der Waals surface area contributed by atoms with Gasteiger partial charge in [-0.05, 0) is 61.4 Å². The Bertz CT molecular complexity index is 778. The van der Waals surface area contributed by atoms with Gasteiger partial charge in [0.05, 0.1) is 19.3 Å². The van der Waals surface area contributed by atoms with Gasteiger partial charge in [-0.1, -0.05) is 51.0 Å². The normalized spacial score (nSPS) is 13.5. The van der Waals surface area contributed by atoms with Crippen LogP contribution in [0.4, 0.5) is 0 Å². The number of hydrogen-bond acceptors (Lipinski definition) is 4. The number of rotatable bonds is 11. The van der Waals surface area contributed by atoms with Crippen LogP contribution in [0.15, 0.2) is 48.5 Å². The largest absolute Gasteiger partial charge is 2.00 e. The maximum atomic E-state index is 10.4. The average Bonchev–Trinajstić information content (AvgIpc) is 3.72. The van der Waals surface area contributed by atoms with Crippen LogP contribution in [-0.2, 0) is 0 Å². The van der Waals surface area contributed by atoms with Crippen LogP contribution in [0.2, 0.25) is 0 Å². The van der Waals surface area contributed by atoms with Crippen LogP contribution in [0.5, 0.6) is 11.5 Å². The van der Waals surface area contributed by atoms with Crippen molar-refractivity contribution < 1.29 is 36.4 Å². The molecule has 0 radical (unpaired) electrons. The van der Waals surface area contributed by atoms with Crippen molar-refractivity contribution in [3.63, 3.8) is 0 Å². The topological polar surface area (TPSA) is 55.8 Å². The zero-order chi connectivity index (χ0) is 23.0. The Hall–Kier alpha value is -1.08. The summed E-state index contributed by atoms with van der Waals surface area (Å²) in [6, 6.07) is 15.1. The molecule has 2 fully saturated rings. The molecule has 0 heterocycles. The number of aldehydes is 1. The molecule has 4 rings (SSSR count). The molecule has 0 aliphatic heterocycles. The maximum Gasteiger partial charge on any atom is 2.00 e. The average molecular weight is 559 g/mol. The van der Waals surface area contributed by atoms with E-state index in [1.807, 2.05) is 36.4 Å². The smallest absolute Gasteiger partial charge is 1.00 e. The van der Waals surface area contributed by atoms with Crippen LogP contribution in [0.1, 0.15) is 87.2 Å². The van der Waals surface area contributed by atoms with Gasteiger partial charge in [-0.3, -0.25) is 4.79 Å². The molecule has 0 spiro atoms. The summed E-state index contributed by atoms with van der Waals surface area (Å²) in [6.45, 7) is 5.75. The molecule has 35 heavy (non-hydrogen) atoms. The van der Waals surface area contributed by atoms with Crippen LogP contribution >= 0.6 is 0 Å². The van der Waals surface area contributed by atoms with E-state index in [2.05, 4.69) is 20.3 Å². The second-order valence-electron chi connectivity index (χ2n) is 8.32. The van der Waals surface area contributed by atoms with Crippen LogP contribution < -0.4 is 26.5 Å². The van der Waals surface area contributed by atoms with Crippen molar-refractivity contribution in [2.24, 2.45) is 5.92 Å². The molecule has 2 saturated carbocycles. The molecule has 0 aromatic heterocycles. The zero-order valence-electron chi connectivity index (χ0n) is 21.8. The molecule has 0 bridgehead atoms. The van der Waals surface area contributed by atoms with Crippen molar-refractivity contribution in [2.45, 2.75) is 71.3 Å². The SMILES string of the molecule is CCCCOc1cccc(C(O)C2CC2)c1.CCCCOc1cccc(C=O)c1.[Br-].[CH-]1CC1.[CH3-].[Mg+2]. The van der Waals surface area contributed by atoms with Gasteiger partial charge in [-0.2, -0.15) is 0 Å². The van der Waals surface area contributed by atoms with E-state index < -0.39 is 0 Å². The number of halogens is 1. The van der Waals surface area contributed by atoms with Gasteiger partial charge >= 0.3 is 23.1 Å². The van der Waals surface area contributed by atoms with Crippen LogP contribution in [-0.4, -0.2) is 47.7 Å². The second kappa shape index (κ2) is 22.1. The zero-order valence-corrected chi connectivity index (χ0v) is 24.8. The molecule has 1 unspecified atom stereocenters. The third-order valence-electron chi connectivity index (χ3n) is 5.08. The third kappa shape index (κ3) is 17.1. The minimum atomic E-state index is -0.297. The predicted octanol–water partition coefficient (Wildman–Crippen LogP) is 4.04. The van der Waals surface area contributed by atoms with Crippen molar-refractivity contribution in [2.75, 3.05) is 13.2 Å². The summed E-state index contributed by atoms with van der Waals surface area (Å²) in [5.74, 6) is 2.13. The fraction of sp³-hybridized carbons (Fsp3) is 0.483. The summed E-state index contributed by atoms with van der Waals surface area (Å²) >= 11 is 0. The van der Waals surface area contributed by atoms with E-state index in [-0.39, 0.29) is 53.6 Å². The number of hydrogen-bond donors (Lipinski definition) is 1. The Morgan fingerprint density at radius 1 is 0.971 bits per heavy atom. The van der Waals surface area contributed by atoms with Crippen molar-refractivity contribution in [3.05, 3.63) is 73.5 Å². The van der Waals surface area contributed by atoms with E-state index in [1.165, 1.54) is 12.8 Å². The Balaban J connectivity index is 0. The van der Waals surface area contributed by atoms with Crippen molar-refractivity contribution in [1.29, 1.82) is 0 Å². The summed E-state index contributed by atoms with van der Waals surface area (Å²) < 4.78 is 11.1. The fourth-order valence-corrected chi connectivity index (χ4v) is 2.82. The molecule has 4 nitrogen and oxygen atoms in total. The van der Waals surface area contributed by atoms with Gasteiger partial charge in [0.15, 0.2) is 0 Å². The second-order valence-corrected chi connectivity index (χ2v) is 8.32. The number of benzene rings is 2. The van der Waals surface area contributed by atoms with E-state index in [4.69, 9.17) is 9.47 Å². The Morgan fingerprint density at radius 2 is 1.49 bits per heavy atom. The van der Waals surface area contributed by atoms with Gasteiger partial charge in [-0.25, -0.2) is 12.8 Å². The van der Waals surface area contributed by atoms with E-state index in [1.54, 1.807) is 12.1 Å². The monoisotopic (exact) mass is 557 g/mol. The van der Waals surface area contributed by atoms with Crippen LogP contribution in [0.3, 0.4) is 0 Å². The van der Waals surface area contributed by atoms with Gasteiger partial charge in [0.2, 0.25) is 0 Å². The number of ether oxygens (including phenoxy) is 2. The minimum Gasteiger partial charge on any atom is -1.00 e. The van der Waals surface area contributed by atoms with Crippen molar-refractivity contribution in [1.82, 2.24) is 0 Å². The van der Waals surface area contributed by atoms with E-state index in [9.17, 15) is 9.90 Å². The Labute approximate surface area is 240 Å². The molecule has 0 amide bonds. The van der Waals surface area contributed by atoms with Gasteiger partial charge in [-0.15, -0.1) is 0 Å². The number of carbonyl (C=O) groups is 1. The molecule has 2 aliphatic carbocycles. The minimum absolute atomic E-state index is 0. The molecule has 0 saturated heterocycles. The molecule has 1 atom stereocenters. The first-order chi connectivity index (χ1) is 15.7. The summed E-state index contributed by atoms with van der Waals surface area (Å²) in [4.78, 5) is 10.4. The molecular weight excluding hydrogens is 517 g/mol. The van der Waals surface area contributed by atoms with Crippen molar-refractivity contribution >= 4 is 29.3 Å². The van der Waals surface area contributed by atoms with E-state index in [0.29, 0.717) is 11.5 Å². The Morgan fingerprint density at radius 3 is 1.94 bits per heavy atom. The molecule has 1 N–H and O–H groups in total. The number of aliphatic hydroxyl groups excluding tert-OH is 1. The maximum absolute atomic E-state index is 10.4. The molecule has 2 aromatic carbocycles. The van der Waals surface area contributed by atoms with E-state index >= 15 is 0 Å². The first kappa shape index (κ1) is 36.1. The molecule has 2 aliphatic rings. The number of aliphatic hydroxyl groups is 1. The summed E-state index contributed by atoms with van der Waals surface area (Å²) in [7, 11) is 0. The molecule has 6 heteroatoms. The molecule has 2 aromatic rings. The van der Waals surface area contributed by atoms with Gasteiger partial charge in [0, 0.05) is 5.56 Å². The third-order valence-corrected chi connectivity index (χ3v) is 5.08. The van der Waals surface area contributed by atoms with Crippen LogP contribution in [0.25, 0.3) is 0 Å². The predicted molar refractivity (Wildman–Crippen MR) is 142 cm³/mol. The number of carbonyl (C=O) groups excluding carboxylic acids is 1. The van der Waals surface area contributed by atoms with Gasteiger partial charge in [0.25, 0.3) is 0 Å². The number of unbranched alkanes of at least 4 members (excludes halogenated alkanes) is 2. The summed E-state index contributed by atoms with van der Waals surface area (Å²) in [5, 5.41) is 10.0. The van der Waals surface area contributed by atoms with Crippen LogP contribution in [0, 0.1) is 19.8 Å². The van der Waals surface area contributed by atoms with Crippen molar-refractivity contribution in [3.8, 4) is 11.5 Å². The summed E-state index contributed by atoms with van der Waals surface area (Å²) in [5.41, 5.74) is 1.66. The molecular formula is C29H42BrMgO4-. The Kier molecular flexibility index (Phi) is 22.8. The summed E-state index contributed by atoms with van der Waals surface area (Å²) in [6.07, 6.45) is 12.2. The first-order valence-electron chi connectivity index (χ1n) is 12.1. The molecule has 192 valence electrons. The fourth-order valence-electron chi connectivity index (χ4n) is 2.82. The van der Waals surface area contributed by atoms with E-state index in [0.717, 1.165) is 75.1 Å². The quantitative estimate of drug-likeness (QED) is 0.196. The van der Waals surface area contributed by atoms with Gasteiger partial charge < -0.3 is 45.4 Å².